The lowest BCUT2D eigenvalue weighted by molar-refractivity contribution is -0.144. The molecule has 0 aromatic heterocycles. The van der Waals surface area contributed by atoms with Gasteiger partial charge in [-0.2, -0.15) is 0 Å². The Kier molecular flexibility index (Phi) is 6.45. The van der Waals surface area contributed by atoms with Crippen LogP contribution in [0.5, 0.6) is 11.5 Å². The molecule has 1 aliphatic rings. The van der Waals surface area contributed by atoms with E-state index in [4.69, 9.17) is 23.7 Å². The Hall–Kier alpha value is -2.57. The number of rotatable bonds is 6. The molecule has 0 radical (unpaired) electrons. The van der Waals surface area contributed by atoms with Gasteiger partial charge in [-0.3, -0.25) is 4.79 Å². The fourth-order valence-electron chi connectivity index (χ4n) is 3.84. The number of carbonyl (C=O) groups excluding carboxylic acids is 1. The van der Waals surface area contributed by atoms with Gasteiger partial charge in [-0.15, -0.1) is 0 Å². The maximum atomic E-state index is 12.0. The van der Waals surface area contributed by atoms with Crippen LogP contribution in [-0.4, -0.2) is 33.4 Å². The highest BCUT2D eigenvalue weighted by Crippen LogP contribution is 2.44. The van der Waals surface area contributed by atoms with Gasteiger partial charge in [-0.25, -0.2) is 0 Å². The van der Waals surface area contributed by atoms with Crippen molar-refractivity contribution in [3.8, 4) is 11.5 Å². The predicted octanol–water partition coefficient (Wildman–Crippen LogP) is 4.33. The van der Waals surface area contributed by atoms with Gasteiger partial charge in [0.2, 0.25) is 0 Å². The van der Waals surface area contributed by atoms with E-state index in [-0.39, 0.29) is 12.3 Å². The fraction of sp³-hybridized carbons (Fsp3) is 0.435. The number of methoxy groups -OCH3 is 2. The third-order valence-corrected chi connectivity index (χ3v) is 5.32. The van der Waals surface area contributed by atoms with Crippen LogP contribution in [0, 0.1) is 20.8 Å². The van der Waals surface area contributed by atoms with Crippen LogP contribution in [-0.2, 0) is 19.0 Å². The molecule has 29 heavy (non-hydrogen) atoms. The average molecular weight is 400 g/mol. The molecule has 3 rings (SSSR count). The number of carbonyl (C=O) groups is 1. The van der Waals surface area contributed by atoms with Gasteiger partial charge in [-0.05, 0) is 37.5 Å². The Morgan fingerprint density at radius 2 is 1.48 bits per heavy atom. The zero-order chi connectivity index (χ0) is 21.1. The Balaban J connectivity index is 2.12. The summed E-state index contributed by atoms with van der Waals surface area (Å²) in [6, 6.07) is 7.72. The molecule has 0 bridgehead atoms. The van der Waals surface area contributed by atoms with E-state index in [2.05, 4.69) is 0 Å². The lowest BCUT2D eigenvalue weighted by Crippen LogP contribution is -2.15. The van der Waals surface area contributed by atoms with Gasteiger partial charge < -0.3 is 23.7 Å². The second-order valence-electron chi connectivity index (χ2n) is 7.08. The molecule has 0 amide bonds. The molecular weight excluding hydrogens is 372 g/mol. The number of esters is 1. The maximum Gasteiger partial charge on any atom is 0.303 e. The topological polar surface area (TPSA) is 63.2 Å². The normalized spacial score (nSPS) is 15.2. The molecule has 0 spiro atoms. The van der Waals surface area contributed by atoms with Crippen molar-refractivity contribution < 1.29 is 28.5 Å². The summed E-state index contributed by atoms with van der Waals surface area (Å²) in [5, 5.41) is 0. The van der Waals surface area contributed by atoms with Gasteiger partial charge in [0.25, 0.3) is 0 Å². The Bertz CT molecular complexity index is 881. The van der Waals surface area contributed by atoms with E-state index in [9.17, 15) is 4.79 Å². The summed E-state index contributed by atoms with van der Waals surface area (Å²) in [4.78, 5) is 12.0. The summed E-state index contributed by atoms with van der Waals surface area (Å²) in [7, 11) is 3.27. The van der Waals surface area contributed by atoms with Gasteiger partial charge in [0.1, 0.15) is 11.5 Å². The van der Waals surface area contributed by atoms with Crippen LogP contribution < -0.4 is 9.47 Å². The molecule has 6 heteroatoms. The lowest BCUT2D eigenvalue weighted by atomic mass is 9.90. The summed E-state index contributed by atoms with van der Waals surface area (Å²) in [6.45, 7) is 8.49. The monoisotopic (exact) mass is 400 g/mol. The van der Waals surface area contributed by atoms with Crippen LogP contribution in [0.1, 0.15) is 52.7 Å². The smallest absolute Gasteiger partial charge is 0.303 e. The van der Waals surface area contributed by atoms with E-state index in [0.29, 0.717) is 19.0 Å². The van der Waals surface area contributed by atoms with Crippen molar-refractivity contribution in [3.63, 3.8) is 0 Å². The summed E-state index contributed by atoms with van der Waals surface area (Å²) in [5.41, 5.74) is 5.36. The minimum absolute atomic E-state index is 0.353. The molecule has 1 unspecified atom stereocenters. The summed E-state index contributed by atoms with van der Waals surface area (Å²) in [6.07, 6.45) is -0.982. The number of hydrogen-bond acceptors (Lipinski definition) is 6. The maximum absolute atomic E-state index is 12.0. The van der Waals surface area contributed by atoms with Gasteiger partial charge in [-0.1, -0.05) is 24.3 Å². The average Bonchev–Trinajstić information content (AvgIpc) is 3.24. The van der Waals surface area contributed by atoms with Crippen LogP contribution in [0.3, 0.4) is 0 Å². The van der Waals surface area contributed by atoms with Crippen molar-refractivity contribution in [3.05, 3.63) is 57.6 Å². The molecule has 0 saturated carbocycles. The SMILES string of the molecule is COc1c(C)c(C)c(OC)c(C(OC(C)=O)c2ccc(C3OCCO3)cc2)c1C. The Labute approximate surface area is 171 Å². The first kappa shape index (κ1) is 21.1. The Morgan fingerprint density at radius 3 is 2.00 bits per heavy atom. The van der Waals surface area contributed by atoms with Crippen LogP contribution >= 0.6 is 0 Å². The van der Waals surface area contributed by atoms with Crippen LogP contribution in [0.15, 0.2) is 24.3 Å². The van der Waals surface area contributed by atoms with Crippen molar-refractivity contribution in [2.75, 3.05) is 27.4 Å². The van der Waals surface area contributed by atoms with E-state index in [1.54, 1.807) is 14.2 Å². The molecule has 1 fully saturated rings. The Morgan fingerprint density at radius 1 is 0.931 bits per heavy atom. The standard InChI is InChI=1S/C23H28O6/c1-13-14(2)21(26-6)19(15(3)20(13)25-5)22(29-16(4)24)17-7-9-18(10-8-17)23-27-11-12-28-23/h7-10,22-23H,11-12H2,1-6H3. The zero-order valence-electron chi connectivity index (χ0n) is 17.8. The summed E-state index contributed by atoms with van der Waals surface area (Å²) >= 11 is 0. The molecule has 0 N–H and O–H groups in total. The second-order valence-corrected chi connectivity index (χ2v) is 7.08. The van der Waals surface area contributed by atoms with Gasteiger partial charge in [0.15, 0.2) is 12.4 Å². The minimum Gasteiger partial charge on any atom is -0.496 e. The molecule has 1 atom stereocenters. The molecule has 156 valence electrons. The second kappa shape index (κ2) is 8.84. The predicted molar refractivity (Wildman–Crippen MR) is 108 cm³/mol. The number of ether oxygens (including phenoxy) is 5. The minimum atomic E-state index is -0.630. The number of hydrogen-bond donors (Lipinski definition) is 0. The fourth-order valence-corrected chi connectivity index (χ4v) is 3.84. The van der Waals surface area contributed by atoms with E-state index < -0.39 is 6.10 Å². The lowest BCUT2D eigenvalue weighted by Gasteiger charge is -2.26. The highest BCUT2D eigenvalue weighted by Gasteiger charge is 2.29. The van der Waals surface area contributed by atoms with Crippen LogP contribution in [0.4, 0.5) is 0 Å². The van der Waals surface area contributed by atoms with E-state index in [1.165, 1.54) is 6.92 Å². The van der Waals surface area contributed by atoms with E-state index in [0.717, 1.165) is 39.1 Å². The molecule has 2 aromatic carbocycles. The van der Waals surface area contributed by atoms with Crippen molar-refractivity contribution in [2.45, 2.75) is 40.1 Å². The molecular formula is C23H28O6. The number of benzene rings is 2. The van der Waals surface area contributed by atoms with Crippen molar-refractivity contribution >= 4 is 5.97 Å². The quantitative estimate of drug-likeness (QED) is 0.673. The molecule has 6 nitrogen and oxygen atoms in total. The molecule has 1 aliphatic heterocycles. The first-order valence-electron chi connectivity index (χ1n) is 9.60. The van der Waals surface area contributed by atoms with Crippen LogP contribution in [0.2, 0.25) is 0 Å². The highest BCUT2D eigenvalue weighted by atomic mass is 16.7. The van der Waals surface area contributed by atoms with Crippen molar-refractivity contribution in [1.82, 2.24) is 0 Å². The third-order valence-electron chi connectivity index (χ3n) is 5.32. The van der Waals surface area contributed by atoms with Gasteiger partial charge >= 0.3 is 5.97 Å². The summed E-state index contributed by atoms with van der Waals surface area (Å²) < 4.78 is 28.3. The molecule has 2 aromatic rings. The van der Waals surface area contributed by atoms with Crippen molar-refractivity contribution in [2.24, 2.45) is 0 Å². The van der Waals surface area contributed by atoms with Gasteiger partial charge in [0, 0.05) is 23.6 Å². The van der Waals surface area contributed by atoms with Crippen molar-refractivity contribution in [1.29, 1.82) is 0 Å². The third kappa shape index (κ3) is 4.09. The zero-order valence-corrected chi connectivity index (χ0v) is 17.8. The summed E-state index contributed by atoms with van der Waals surface area (Å²) in [5.74, 6) is 1.08. The molecule has 0 aliphatic carbocycles. The highest BCUT2D eigenvalue weighted by molar-refractivity contribution is 5.68. The van der Waals surface area contributed by atoms with E-state index in [1.807, 2.05) is 45.0 Å². The van der Waals surface area contributed by atoms with Gasteiger partial charge in [0.05, 0.1) is 27.4 Å². The first-order valence-corrected chi connectivity index (χ1v) is 9.60. The molecule has 1 heterocycles. The molecule has 1 saturated heterocycles. The first-order chi connectivity index (χ1) is 13.9. The largest absolute Gasteiger partial charge is 0.496 e. The van der Waals surface area contributed by atoms with Crippen LogP contribution in [0.25, 0.3) is 0 Å². The van der Waals surface area contributed by atoms with E-state index >= 15 is 0 Å².